The number of rotatable bonds is 6. The Morgan fingerprint density at radius 1 is 1.32 bits per heavy atom. The molecule has 1 aliphatic carbocycles. The molecule has 146 valence electrons. The Kier molecular flexibility index (Phi) is 4.87. The summed E-state index contributed by atoms with van der Waals surface area (Å²) in [5.74, 6) is -1.71. The van der Waals surface area contributed by atoms with E-state index in [4.69, 9.17) is 10.4 Å². The van der Waals surface area contributed by atoms with Crippen LogP contribution in [0.2, 0.25) is 0 Å². The van der Waals surface area contributed by atoms with Crippen molar-refractivity contribution in [3.8, 4) is 11.3 Å². The van der Waals surface area contributed by atoms with E-state index in [2.05, 4.69) is 16.4 Å². The summed E-state index contributed by atoms with van der Waals surface area (Å²) < 4.78 is 26.1. The maximum atomic E-state index is 13.1. The molecule has 1 aliphatic rings. The minimum absolute atomic E-state index is 0.00520. The summed E-state index contributed by atoms with van der Waals surface area (Å²) in [6.45, 7) is 4.05. The van der Waals surface area contributed by atoms with Crippen LogP contribution < -0.4 is 5.32 Å². The van der Waals surface area contributed by atoms with Crippen molar-refractivity contribution in [2.45, 2.75) is 45.1 Å². The van der Waals surface area contributed by atoms with Crippen LogP contribution in [-0.4, -0.2) is 28.1 Å². The Morgan fingerprint density at radius 3 is 2.79 bits per heavy atom. The van der Waals surface area contributed by atoms with Crippen molar-refractivity contribution in [2.75, 3.05) is 5.32 Å². The van der Waals surface area contributed by atoms with Crippen LogP contribution in [0.1, 0.15) is 37.1 Å². The molecule has 1 saturated carbocycles. The molecule has 28 heavy (non-hydrogen) atoms. The smallest absolute Gasteiger partial charge is 0.248 e. The minimum Gasteiger partial charge on any atom is -0.367 e. The molecule has 2 N–H and O–H groups in total. The van der Waals surface area contributed by atoms with Gasteiger partial charge < -0.3 is 10.7 Å². The molecule has 0 amide bonds. The largest absolute Gasteiger partial charge is 0.367 e. The van der Waals surface area contributed by atoms with Crippen LogP contribution in [0.5, 0.6) is 0 Å². The number of fused-ring (bicyclic) bond motifs is 1. The number of aromatic nitrogens is 2. The standard InChI is InChI=1S/C21H22F2N4S/c1-12(2)26-19-15(10-24)6-16(11-25-19)18-4-3-14-7-17(28-20(14)27-18)5-13-8-21(22,23)9-13/h3-4,6-7,10-13,24H,5,8-9H2,1-2H3,(H,25,26). The highest BCUT2D eigenvalue weighted by Gasteiger charge is 2.45. The first-order valence-electron chi connectivity index (χ1n) is 9.38. The van der Waals surface area contributed by atoms with Gasteiger partial charge in [-0.1, -0.05) is 0 Å². The van der Waals surface area contributed by atoms with Crippen molar-refractivity contribution in [1.82, 2.24) is 9.97 Å². The average molecular weight is 400 g/mol. The zero-order valence-corrected chi connectivity index (χ0v) is 16.6. The van der Waals surface area contributed by atoms with Crippen LogP contribution in [0.15, 0.2) is 30.5 Å². The molecule has 0 spiro atoms. The van der Waals surface area contributed by atoms with Gasteiger partial charge in [0.2, 0.25) is 5.92 Å². The lowest BCUT2D eigenvalue weighted by Gasteiger charge is -2.34. The van der Waals surface area contributed by atoms with Crippen molar-refractivity contribution >= 4 is 33.6 Å². The van der Waals surface area contributed by atoms with Gasteiger partial charge >= 0.3 is 0 Å². The lowest BCUT2D eigenvalue weighted by Crippen LogP contribution is -2.36. The zero-order chi connectivity index (χ0) is 19.9. The third-order valence-electron chi connectivity index (χ3n) is 4.89. The van der Waals surface area contributed by atoms with Crippen LogP contribution in [0.4, 0.5) is 14.6 Å². The number of halogens is 2. The molecule has 4 nitrogen and oxygen atoms in total. The summed E-state index contributed by atoms with van der Waals surface area (Å²) in [7, 11) is 0. The van der Waals surface area contributed by atoms with E-state index >= 15 is 0 Å². The van der Waals surface area contributed by atoms with Gasteiger partial charge in [0.1, 0.15) is 10.6 Å². The van der Waals surface area contributed by atoms with Crippen molar-refractivity contribution in [3.63, 3.8) is 0 Å². The first-order chi connectivity index (χ1) is 13.3. The fraction of sp³-hybridized carbons (Fsp3) is 0.381. The highest BCUT2D eigenvalue weighted by molar-refractivity contribution is 7.18. The minimum atomic E-state index is -2.47. The van der Waals surface area contributed by atoms with Gasteiger partial charge in [-0.25, -0.2) is 18.7 Å². The fourth-order valence-electron chi connectivity index (χ4n) is 3.57. The predicted octanol–water partition coefficient (Wildman–Crippen LogP) is 5.76. The van der Waals surface area contributed by atoms with E-state index in [1.807, 2.05) is 32.0 Å². The molecule has 0 unspecified atom stereocenters. The van der Waals surface area contributed by atoms with Gasteiger partial charge in [-0.05, 0) is 50.5 Å². The van der Waals surface area contributed by atoms with Crippen LogP contribution in [0.25, 0.3) is 21.5 Å². The Bertz CT molecular complexity index is 1020. The van der Waals surface area contributed by atoms with Gasteiger partial charge in [-0.3, -0.25) is 0 Å². The van der Waals surface area contributed by atoms with E-state index in [1.165, 1.54) is 6.21 Å². The van der Waals surface area contributed by atoms with Gasteiger partial charge in [0.25, 0.3) is 0 Å². The van der Waals surface area contributed by atoms with E-state index in [9.17, 15) is 8.78 Å². The Morgan fingerprint density at radius 2 is 2.11 bits per heavy atom. The van der Waals surface area contributed by atoms with Gasteiger partial charge in [0.15, 0.2) is 0 Å². The molecule has 3 aromatic heterocycles. The molecule has 4 rings (SSSR count). The van der Waals surface area contributed by atoms with E-state index < -0.39 is 5.92 Å². The number of alkyl halides is 2. The number of pyridine rings is 2. The summed E-state index contributed by atoms with van der Waals surface area (Å²) in [5.41, 5.74) is 2.36. The highest BCUT2D eigenvalue weighted by Crippen LogP contribution is 2.44. The second-order valence-corrected chi connectivity index (χ2v) is 8.86. The monoisotopic (exact) mass is 400 g/mol. The number of hydrogen-bond donors (Lipinski definition) is 2. The third-order valence-corrected chi connectivity index (χ3v) is 5.96. The van der Waals surface area contributed by atoms with Gasteiger partial charge in [0, 0.05) is 52.7 Å². The SMILES string of the molecule is CC(C)Nc1ncc(-c2ccc3cc(CC4CC(F)(F)C4)sc3n2)cc1C=N. The van der Waals surface area contributed by atoms with Crippen molar-refractivity contribution in [2.24, 2.45) is 5.92 Å². The van der Waals surface area contributed by atoms with E-state index in [1.54, 1.807) is 17.5 Å². The van der Waals surface area contributed by atoms with Crippen LogP contribution in [0.3, 0.4) is 0 Å². The first kappa shape index (κ1) is 18.9. The Hall–Kier alpha value is -2.41. The maximum Gasteiger partial charge on any atom is 0.248 e. The first-order valence-corrected chi connectivity index (χ1v) is 10.2. The molecule has 0 saturated heterocycles. The molecule has 0 atom stereocenters. The van der Waals surface area contributed by atoms with Gasteiger partial charge in [0.05, 0.1) is 5.69 Å². The predicted molar refractivity (Wildman–Crippen MR) is 111 cm³/mol. The highest BCUT2D eigenvalue weighted by atomic mass is 32.1. The van der Waals surface area contributed by atoms with Gasteiger partial charge in [-0.2, -0.15) is 0 Å². The maximum absolute atomic E-state index is 13.1. The Balaban J connectivity index is 1.58. The molecular formula is C21H22F2N4S. The summed E-state index contributed by atoms with van der Waals surface area (Å²) in [6, 6.07) is 8.15. The van der Waals surface area contributed by atoms with Crippen molar-refractivity contribution in [1.29, 1.82) is 5.41 Å². The quantitative estimate of drug-likeness (QED) is 0.517. The Labute approximate surface area is 166 Å². The molecule has 0 aromatic carbocycles. The second kappa shape index (κ2) is 7.20. The summed E-state index contributed by atoms with van der Waals surface area (Å²) in [5, 5.41) is 11.9. The number of nitrogens with zero attached hydrogens (tertiary/aromatic N) is 2. The molecule has 0 radical (unpaired) electrons. The van der Waals surface area contributed by atoms with E-state index in [0.717, 1.165) is 26.4 Å². The van der Waals surface area contributed by atoms with Crippen molar-refractivity contribution < 1.29 is 8.78 Å². The van der Waals surface area contributed by atoms with E-state index in [0.29, 0.717) is 17.8 Å². The molecule has 3 heterocycles. The fourth-order valence-corrected chi connectivity index (χ4v) is 4.71. The average Bonchev–Trinajstić information content (AvgIpc) is 3.01. The zero-order valence-electron chi connectivity index (χ0n) is 15.8. The molecule has 1 fully saturated rings. The molecule has 3 aromatic rings. The summed E-state index contributed by atoms with van der Waals surface area (Å²) >= 11 is 1.57. The van der Waals surface area contributed by atoms with Crippen LogP contribution in [0, 0.1) is 11.3 Å². The molecule has 0 bridgehead atoms. The molecule has 7 heteroatoms. The molecular weight excluding hydrogens is 378 g/mol. The normalized spacial score (nSPS) is 16.3. The summed E-state index contributed by atoms with van der Waals surface area (Å²) in [4.78, 5) is 11.2. The summed E-state index contributed by atoms with van der Waals surface area (Å²) in [6.07, 6.45) is 3.73. The van der Waals surface area contributed by atoms with Gasteiger partial charge in [-0.15, -0.1) is 11.3 Å². The van der Waals surface area contributed by atoms with Crippen molar-refractivity contribution in [3.05, 3.63) is 40.9 Å². The third kappa shape index (κ3) is 3.90. The number of hydrogen-bond acceptors (Lipinski definition) is 5. The number of anilines is 1. The molecule has 0 aliphatic heterocycles. The number of nitrogens with one attached hydrogen (secondary N) is 2. The number of thiophene rings is 1. The lowest BCUT2D eigenvalue weighted by molar-refractivity contribution is -0.109. The second-order valence-electron chi connectivity index (χ2n) is 7.74. The topological polar surface area (TPSA) is 61.7 Å². The van der Waals surface area contributed by atoms with Crippen LogP contribution >= 0.6 is 11.3 Å². The lowest BCUT2D eigenvalue weighted by atomic mass is 9.79. The van der Waals surface area contributed by atoms with E-state index in [-0.39, 0.29) is 24.8 Å². The van der Waals surface area contributed by atoms with Crippen LogP contribution in [-0.2, 0) is 6.42 Å².